The van der Waals surface area contributed by atoms with Gasteiger partial charge in [-0.1, -0.05) is 25.4 Å². The Kier molecular flexibility index (Phi) is 4.57. The zero-order chi connectivity index (χ0) is 14.7. The molecule has 108 valence electrons. The van der Waals surface area contributed by atoms with Crippen LogP contribution in [0, 0.1) is 5.92 Å². The quantitative estimate of drug-likeness (QED) is 0.857. The molecule has 0 aliphatic heterocycles. The van der Waals surface area contributed by atoms with Crippen LogP contribution >= 0.6 is 11.6 Å². The number of nitrogens with zero attached hydrogens (tertiary/aromatic N) is 4. The van der Waals surface area contributed by atoms with Gasteiger partial charge in [-0.25, -0.2) is 4.68 Å². The number of nitrogen functional groups attached to an aromatic ring is 1. The topological polar surface area (TPSA) is 78.8 Å². The Morgan fingerprint density at radius 3 is 2.80 bits per heavy atom. The van der Waals surface area contributed by atoms with Crippen molar-refractivity contribution in [2.45, 2.75) is 19.9 Å². The molecule has 0 saturated carbocycles. The number of tetrazole rings is 1. The first-order chi connectivity index (χ1) is 9.54. The normalized spacial score (nSPS) is 12.8. The van der Waals surface area contributed by atoms with E-state index in [9.17, 15) is 0 Å². The van der Waals surface area contributed by atoms with Crippen LogP contribution < -0.4 is 5.73 Å². The molecule has 0 saturated heterocycles. The first-order valence-corrected chi connectivity index (χ1v) is 6.74. The summed E-state index contributed by atoms with van der Waals surface area (Å²) in [4.78, 5) is 0. The molecule has 20 heavy (non-hydrogen) atoms. The van der Waals surface area contributed by atoms with Crippen molar-refractivity contribution in [3.63, 3.8) is 0 Å². The van der Waals surface area contributed by atoms with Crippen LogP contribution in [0.25, 0.3) is 11.4 Å². The van der Waals surface area contributed by atoms with E-state index in [4.69, 9.17) is 22.1 Å². The second kappa shape index (κ2) is 6.19. The number of nitrogens with two attached hydrogens (primary N) is 1. The van der Waals surface area contributed by atoms with E-state index >= 15 is 0 Å². The highest BCUT2D eigenvalue weighted by molar-refractivity contribution is 6.33. The third kappa shape index (κ3) is 2.91. The minimum Gasteiger partial charge on any atom is -0.399 e. The van der Waals surface area contributed by atoms with Gasteiger partial charge in [0.2, 0.25) is 0 Å². The molecule has 6 nitrogen and oxygen atoms in total. The van der Waals surface area contributed by atoms with Crippen molar-refractivity contribution >= 4 is 17.3 Å². The van der Waals surface area contributed by atoms with E-state index in [-0.39, 0.29) is 6.04 Å². The van der Waals surface area contributed by atoms with E-state index in [2.05, 4.69) is 29.4 Å². The molecule has 2 aromatic rings. The van der Waals surface area contributed by atoms with Crippen molar-refractivity contribution in [1.82, 2.24) is 20.2 Å². The average molecular weight is 296 g/mol. The number of benzene rings is 1. The van der Waals surface area contributed by atoms with Gasteiger partial charge in [-0.15, -0.1) is 5.10 Å². The van der Waals surface area contributed by atoms with Gasteiger partial charge in [0, 0.05) is 18.4 Å². The van der Waals surface area contributed by atoms with Crippen LogP contribution in [0.15, 0.2) is 18.2 Å². The summed E-state index contributed by atoms with van der Waals surface area (Å²) in [6.45, 7) is 4.71. The number of aromatic nitrogens is 4. The molecule has 1 aromatic heterocycles. The predicted octanol–water partition coefficient (Wildman–Crippen LogP) is 2.42. The van der Waals surface area contributed by atoms with Gasteiger partial charge in [0.25, 0.3) is 0 Å². The Bertz CT molecular complexity index is 584. The SMILES string of the molecule is COCC(C(C)C)n1nnnc1-c1cc(N)ccc1Cl. The zero-order valence-electron chi connectivity index (χ0n) is 11.7. The van der Waals surface area contributed by atoms with Crippen molar-refractivity contribution in [1.29, 1.82) is 0 Å². The minimum atomic E-state index is 0.0301. The molecule has 1 aromatic carbocycles. The number of hydrogen-bond donors (Lipinski definition) is 1. The average Bonchev–Trinajstić information content (AvgIpc) is 2.87. The standard InChI is InChI=1S/C13H18ClN5O/c1-8(2)12(7-20-3)19-13(16-17-18-19)10-6-9(15)4-5-11(10)14/h4-6,8,12H,7,15H2,1-3H3. The number of rotatable bonds is 5. The van der Waals surface area contributed by atoms with Gasteiger partial charge in [-0.2, -0.15) is 0 Å². The Hall–Kier alpha value is -1.66. The monoisotopic (exact) mass is 295 g/mol. The van der Waals surface area contributed by atoms with Crippen LogP contribution in [0.2, 0.25) is 5.02 Å². The second-order valence-electron chi connectivity index (χ2n) is 4.95. The molecular formula is C13H18ClN5O. The lowest BCUT2D eigenvalue weighted by atomic mass is 10.0. The van der Waals surface area contributed by atoms with Gasteiger partial charge in [-0.05, 0) is 34.5 Å². The number of anilines is 1. The van der Waals surface area contributed by atoms with Gasteiger partial charge in [0.15, 0.2) is 5.82 Å². The van der Waals surface area contributed by atoms with Crippen molar-refractivity contribution in [2.75, 3.05) is 19.5 Å². The number of ether oxygens (including phenoxy) is 1. The van der Waals surface area contributed by atoms with Gasteiger partial charge in [-0.3, -0.25) is 0 Å². The minimum absolute atomic E-state index is 0.0301. The summed E-state index contributed by atoms with van der Waals surface area (Å²) in [5, 5.41) is 12.5. The lowest BCUT2D eigenvalue weighted by Gasteiger charge is -2.21. The molecule has 0 aliphatic carbocycles. The van der Waals surface area contributed by atoms with E-state index in [1.54, 1.807) is 30.0 Å². The molecule has 0 bridgehead atoms. The largest absolute Gasteiger partial charge is 0.399 e. The summed E-state index contributed by atoms with van der Waals surface area (Å²) >= 11 is 6.23. The van der Waals surface area contributed by atoms with Gasteiger partial charge in [0.1, 0.15) is 0 Å². The van der Waals surface area contributed by atoms with Gasteiger partial charge in [0.05, 0.1) is 17.7 Å². The molecule has 2 rings (SSSR count). The van der Waals surface area contributed by atoms with E-state index in [0.29, 0.717) is 29.1 Å². The number of hydrogen-bond acceptors (Lipinski definition) is 5. The molecule has 0 amide bonds. The van der Waals surface area contributed by atoms with Gasteiger partial charge >= 0.3 is 0 Å². The van der Waals surface area contributed by atoms with Crippen LogP contribution in [0.5, 0.6) is 0 Å². The highest BCUT2D eigenvalue weighted by Gasteiger charge is 2.22. The van der Waals surface area contributed by atoms with Crippen LogP contribution in [0.4, 0.5) is 5.69 Å². The van der Waals surface area contributed by atoms with Crippen molar-refractivity contribution in [3.8, 4) is 11.4 Å². The predicted molar refractivity (Wildman–Crippen MR) is 78.4 cm³/mol. The number of methoxy groups -OCH3 is 1. The van der Waals surface area contributed by atoms with Crippen molar-refractivity contribution in [3.05, 3.63) is 23.2 Å². The highest BCUT2D eigenvalue weighted by Crippen LogP contribution is 2.30. The first-order valence-electron chi connectivity index (χ1n) is 6.36. The molecule has 0 aliphatic rings. The van der Waals surface area contributed by atoms with E-state index in [0.717, 1.165) is 5.56 Å². The van der Waals surface area contributed by atoms with E-state index in [1.807, 2.05) is 0 Å². The Labute approximate surface area is 122 Å². The Morgan fingerprint density at radius 2 is 2.15 bits per heavy atom. The first kappa shape index (κ1) is 14.7. The summed E-state index contributed by atoms with van der Waals surface area (Å²) in [6.07, 6.45) is 0. The zero-order valence-corrected chi connectivity index (χ0v) is 12.5. The maximum atomic E-state index is 6.23. The van der Waals surface area contributed by atoms with Gasteiger partial charge < -0.3 is 10.5 Å². The fourth-order valence-corrected chi connectivity index (χ4v) is 2.23. The summed E-state index contributed by atoms with van der Waals surface area (Å²) in [5.41, 5.74) is 7.16. The third-order valence-corrected chi connectivity index (χ3v) is 3.47. The summed E-state index contributed by atoms with van der Waals surface area (Å²) in [6, 6.07) is 5.29. The van der Waals surface area contributed by atoms with Crippen molar-refractivity contribution in [2.24, 2.45) is 5.92 Å². The molecule has 1 heterocycles. The van der Waals surface area contributed by atoms with Crippen LogP contribution in [-0.2, 0) is 4.74 Å². The Balaban J connectivity index is 2.49. The number of halogens is 1. The summed E-state index contributed by atoms with van der Waals surface area (Å²) in [5.74, 6) is 0.912. The molecule has 1 atom stereocenters. The Morgan fingerprint density at radius 1 is 1.40 bits per heavy atom. The third-order valence-electron chi connectivity index (χ3n) is 3.15. The van der Waals surface area contributed by atoms with Crippen molar-refractivity contribution < 1.29 is 4.74 Å². The fourth-order valence-electron chi connectivity index (χ4n) is 2.02. The maximum Gasteiger partial charge on any atom is 0.183 e. The lowest BCUT2D eigenvalue weighted by molar-refractivity contribution is 0.126. The van der Waals surface area contributed by atoms with E-state index in [1.165, 1.54) is 0 Å². The molecule has 0 radical (unpaired) electrons. The fraction of sp³-hybridized carbons (Fsp3) is 0.462. The second-order valence-corrected chi connectivity index (χ2v) is 5.36. The molecule has 1 unspecified atom stereocenters. The molecule has 7 heteroatoms. The lowest BCUT2D eigenvalue weighted by Crippen LogP contribution is -2.22. The summed E-state index contributed by atoms with van der Waals surface area (Å²) < 4.78 is 7.00. The van der Waals surface area contributed by atoms with Crippen LogP contribution in [0.3, 0.4) is 0 Å². The van der Waals surface area contributed by atoms with Crippen LogP contribution in [0.1, 0.15) is 19.9 Å². The molecule has 0 fully saturated rings. The highest BCUT2D eigenvalue weighted by atomic mass is 35.5. The summed E-state index contributed by atoms with van der Waals surface area (Å²) in [7, 11) is 1.66. The van der Waals surface area contributed by atoms with Crippen LogP contribution in [-0.4, -0.2) is 33.9 Å². The van der Waals surface area contributed by atoms with E-state index < -0.39 is 0 Å². The smallest absolute Gasteiger partial charge is 0.183 e. The maximum absolute atomic E-state index is 6.23. The molecule has 2 N–H and O–H groups in total. The molecule has 0 spiro atoms. The molecular weight excluding hydrogens is 278 g/mol.